The summed E-state index contributed by atoms with van der Waals surface area (Å²) in [5.41, 5.74) is 5.21. The minimum absolute atomic E-state index is 0.160. The van der Waals surface area contributed by atoms with Crippen molar-refractivity contribution in [2.24, 2.45) is 0 Å². The molecule has 0 unspecified atom stereocenters. The van der Waals surface area contributed by atoms with Gasteiger partial charge in [0.2, 0.25) is 5.82 Å². The molecule has 1 aliphatic heterocycles. The fourth-order valence-electron chi connectivity index (χ4n) is 3.77. The van der Waals surface area contributed by atoms with Crippen molar-refractivity contribution in [1.82, 2.24) is 29.5 Å². The Hall–Kier alpha value is -2.74. The molecular weight excluding hydrogens is 408 g/mol. The van der Waals surface area contributed by atoms with Crippen molar-refractivity contribution in [1.29, 1.82) is 0 Å². The number of benzene rings is 1. The molecule has 4 heterocycles. The Morgan fingerprint density at radius 3 is 2.96 bits per heavy atom. The molecular formula is C19H17BrN6O. The Labute approximate surface area is 163 Å². The number of rotatable bonds is 1. The van der Waals surface area contributed by atoms with E-state index < -0.39 is 0 Å². The van der Waals surface area contributed by atoms with Crippen LogP contribution >= 0.6 is 15.9 Å². The number of nitrogens with zero attached hydrogens (tertiary/aromatic N) is 5. The summed E-state index contributed by atoms with van der Waals surface area (Å²) in [6, 6.07) is 8.04. The number of para-hydroxylation sites is 1. The normalized spacial score (nSPS) is 14.1. The summed E-state index contributed by atoms with van der Waals surface area (Å²) in [7, 11) is 0. The van der Waals surface area contributed by atoms with Gasteiger partial charge in [0.15, 0.2) is 0 Å². The van der Waals surface area contributed by atoms with Crippen LogP contribution in [-0.4, -0.2) is 41.9 Å². The van der Waals surface area contributed by atoms with Crippen molar-refractivity contribution >= 4 is 38.5 Å². The molecule has 27 heavy (non-hydrogen) atoms. The van der Waals surface area contributed by atoms with Crippen LogP contribution < -0.4 is 0 Å². The Kier molecular flexibility index (Phi) is 3.58. The number of amides is 1. The van der Waals surface area contributed by atoms with Gasteiger partial charge in [-0.2, -0.15) is 4.98 Å². The Bertz CT molecular complexity index is 1220. The van der Waals surface area contributed by atoms with Crippen LogP contribution in [0.5, 0.6) is 0 Å². The zero-order valence-corrected chi connectivity index (χ0v) is 16.5. The largest absolute Gasteiger partial charge is 0.357 e. The predicted octanol–water partition coefficient (Wildman–Crippen LogP) is 3.18. The smallest absolute Gasteiger partial charge is 0.293 e. The van der Waals surface area contributed by atoms with Crippen molar-refractivity contribution in [2.45, 2.75) is 26.8 Å². The second-order valence-corrected chi connectivity index (χ2v) is 7.76. The number of halogens is 1. The minimum atomic E-state index is -0.160. The van der Waals surface area contributed by atoms with Crippen molar-refractivity contribution in [2.75, 3.05) is 6.54 Å². The molecule has 136 valence electrons. The number of carbonyl (C=O) groups excluding carboxylic acids is 1. The van der Waals surface area contributed by atoms with E-state index in [9.17, 15) is 4.79 Å². The maximum Gasteiger partial charge on any atom is 0.293 e. The zero-order valence-electron chi connectivity index (χ0n) is 15.0. The fraction of sp³-hybridized carbons (Fsp3) is 0.263. The number of nitrogens with one attached hydrogen (secondary N) is 1. The van der Waals surface area contributed by atoms with E-state index in [1.807, 2.05) is 36.9 Å². The molecule has 0 saturated heterocycles. The number of H-pyrrole nitrogens is 1. The van der Waals surface area contributed by atoms with E-state index in [1.165, 1.54) is 11.3 Å². The first kappa shape index (κ1) is 16.4. The van der Waals surface area contributed by atoms with Crippen LogP contribution in [0.1, 0.15) is 33.3 Å². The van der Waals surface area contributed by atoms with Crippen molar-refractivity contribution < 1.29 is 4.79 Å². The molecule has 0 aliphatic carbocycles. The van der Waals surface area contributed by atoms with Crippen LogP contribution in [0.2, 0.25) is 0 Å². The molecule has 0 spiro atoms. The first-order valence-electron chi connectivity index (χ1n) is 8.79. The Morgan fingerprint density at radius 2 is 2.11 bits per heavy atom. The Balaban J connectivity index is 1.51. The van der Waals surface area contributed by atoms with E-state index >= 15 is 0 Å². The Morgan fingerprint density at radius 1 is 1.26 bits per heavy atom. The number of aryl methyl sites for hydroxylation is 2. The number of aromatic nitrogens is 5. The van der Waals surface area contributed by atoms with Gasteiger partial charge in [-0.15, -0.1) is 5.10 Å². The molecule has 0 atom stereocenters. The molecule has 0 fully saturated rings. The summed E-state index contributed by atoms with van der Waals surface area (Å²) >= 11 is 3.59. The van der Waals surface area contributed by atoms with E-state index in [0.29, 0.717) is 18.9 Å². The molecule has 8 heteroatoms. The first-order chi connectivity index (χ1) is 13.0. The van der Waals surface area contributed by atoms with Gasteiger partial charge in [-0.1, -0.05) is 12.1 Å². The molecule has 1 amide bonds. The lowest BCUT2D eigenvalue weighted by Crippen LogP contribution is -2.36. The second-order valence-electron chi connectivity index (χ2n) is 6.91. The number of fused-ring (bicyclic) bond motifs is 4. The van der Waals surface area contributed by atoms with Crippen molar-refractivity contribution in [3.05, 3.63) is 57.2 Å². The van der Waals surface area contributed by atoms with Crippen LogP contribution in [0.4, 0.5) is 0 Å². The third kappa shape index (κ3) is 2.55. The lowest BCUT2D eigenvalue weighted by atomic mass is 10.0. The van der Waals surface area contributed by atoms with Gasteiger partial charge in [0, 0.05) is 52.0 Å². The number of carbonyl (C=O) groups is 1. The minimum Gasteiger partial charge on any atom is -0.357 e. The SMILES string of the molecule is Cc1cc(C)n2nc(C(=O)N3CCc4[nH]c5c(Br)cccc5c4C3)nc2n1. The van der Waals surface area contributed by atoms with Crippen LogP contribution in [0.15, 0.2) is 28.7 Å². The van der Waals surface area contributed by atoms with Gasteiger partial charge in [-0.05, 0) is 41.9 Å². The highest BCUT2D eigenvalue weighted by Gasteiger charge is 2.27. The molecule has 5 rings (SSSR count). The maximum absolute atomic E-state index is 13.0. The highest BCUT2D eigenvalue weighted by molar-refractivity contribution is 9.10. The summed E-state index contributed by atoms with van der Waals surface area (Å²) in [5.74, 6) is 0.498. The molecule has 0 radical (unpaired) electrons. The van der Waals surface area contributed by atoms with Gasteiger partial charge in [0.05, 0.1) is 5.52 Å². The highest BCUT2D eigenvalue weighted by Crippen LogP contribution is 2.32. The van der Waals surface area contributed by atoms with Crippen LogP contribution in [0.3, 0.4) is 0 Å². The van der Waals surface area contributed by atoms with Crippen LogP contribution in [0, 0.1) is 13.8 Å². The maximum atomic E-state index is 13.0. The second kappa shape index (κ2) is 5.88. The molecule has 7 nitrogen and oxygen atoms in total. The number of hydrogen-bond donors (Lipinski definition) is 1. The van der Waals surface area contributed by atoms with Gasteiger partial charge >= 0.3 is 0 Å². The third-order valence-corrected chi connectivity index (χ3v) is 5.72. The standard InChI is InChI=1S/C19H17BrN6O/c1-10-8-11(2)26-19(21-10)23-17(24-26)18(27)25-7-6-15-13(9-25)12-4-3-5-14(20)16(12)22-15/h3-5,8,22H,6-7,9H2,1-2H3. The highest BCUT2D eigenvalue weighted by atomic mass is 79.9. The van der Waals surface area contributed by atoms with Crippen molar-refractivity contribution in [3.8, 4) is 0 Å². The predicted molar refractivity (Wildman–Crippen MR) is 105 cm³/mol. The van der Waals surface area contributed by atoms with E-state index in [-0.39, 0.29) is 11.7 Å². The molecule has 1 aromatic carbocycles. The summed E-state index contributed by atoms with van der Waals surface area (Å²) in [6.45, 7) is 5.02. The average molecular weight is 425 g/mol. The third-order valence-electron chi connectivity index (χ3n) is 5.06. The molecule has 0 saturated carbocycles. The van der Waals surface area contributed by atoms with Gasteiger partial charge in [0.1, 0.15) is 0 Å². The molecule has 1 aliphatic rings. The summed E-state index contributed by atoms with van der Waals surface area (Å²) in [6.07, 6.45) is 0.784. The lowest BCUT2D eigenvalue weighted by Gasteiger charge is -2.26. The monoisotopic (exact) mass is 424 g/mol. The number of aromatic amines is 1. The van der Waals surface area contributed by atoms with E-state index in [1.54, 1.807) is 4.52 Å². The lowest BCUT2D eigenvalue weighted by molar-refractivity contribution is 0.0723. The quantitative estimate of drug-likeness (QED) is 0.508. The fourth-order valence-corrected chi connectivity index (χ4v) is 4.24. The van der Waals surface area contributed by atoms with E-state index in [0.717, 1.165) is 33.2 Å². The van der Waals surface area contributed by atoms with Crippen LogP contribution in [0.25, 0.3) is 16.7 Å². The van der Waals surface area contributed by atoms with Gasteiger partial charge in [0.25, 0.3) is 11.7 Å². The molecule has 1 N–H and O–H groups in total. The zero-order chi connectivity index (χ0) is 18.7. The number of hydrogen-bond acceptors (Lipinski definition) is 4. The van der Waals surface area contributed by atoms with E-state index in [2.05, 4.69) is 42.0 Å². The van der Waals surface area contributed by atoms with Gasteiger partial charge in [-0.25, -0.2) is 9.50 Å². The average Bonchev–Trinajstić information content (AvgIpc) is 3.23. The van der Waals surface area contributed by atoms with Crippen LogP contribution in [-0.2, 0) is 13.0 Å². The van der Waals surface area contributed by atoms with Crippen molar-refractivity contribution in [3.63, 3.8) is 0 Å². The topological polar surface area (TPSA) is 79.2 Å². The summed E-state index contributed by atoms with van der Waals surface area (Å²) in [4.78, 5) is 27.1. The van der Waals surface area contributed by atoms with E-state index in [4.69, 9.17) is 0 Å². The molecule has 0 bridgehead atoms. The molecule has 4 aromatic rings. The van der Waals surface area contributed by atoms with Gasteiger partial charge in [-0.3, -0.25) is 4.79 Å². The summed E-state index contributed by atoms with van der Waals surface area (Å²) < 4.78 is 2.66. The summed E-state index contributed by atoms with van der Waals surface area (Å²) in [5, 5.41) is 5.53. The van der Waals surface area contributed by atoms with Gasteiger partial charge < -0.3 is 9.88 Å². The molecule has 3 aromatic heterocycles. The first-order valence-corrected chi connectivity index (χ1v) is 9.59.